The van der Waals surface area contributed by atoms with Crippen LogP contribution in [0.5, 0.6) is 0 Å². The lowest BCUT2D eigenvalue weighted by atomic mass is 10.3. The zero-order chi connectivity index (χ0) is 10.2. The second-order valence-electron chi connectivity index (χ2n) is 2.67. The van der Waals surface area contributed by atoms with E-state index in [-0.39, 0.29) is 0 Å². The van der Waals surface area contributed by atoms with Crippen molar-refractivity contribution in [1.82, 2.24) is 4.98 Å². The molecule has 0 fully saturated rings. The Balaban J connectivity index is 2.39. The van der Waals surface area contributed by atoms with E-state index in [4.69, 9.17) is 10.00 Å². The number of anilines is 1. The molecule has 0 atom stereocenters. The molecule has 1 aromatic heterocycles. The van der Waals surface area contributed by atoms with Crippen molar-refractivity contribution in [2.45, 2.75) is 6.92 Å². The fourth-order valence-electron chi connectivity index (χ4n) is 1.01. The number of nitriles is 1. The van der Waals surface area contributed by atoms with Crippen LogP contribution in [-0.2, 0) is 4.74 Å². The van der Waals surface area contributed by atoms with Crippen molar-refractivity contribution < 1.29 is 4.74 Å². The van der Waals surface area contributed by atoms with Gasteiger partial charge in [-0.2, -0.15) is 5.26 Å². The Bertz CT molecular complexity index is 319. The van der Waals surface area contributed by atoms with Gasteiger partial charge in [0.2, 0.25) is 0 Å². The smallest absolute Gasteiger partial charge is 0.142 e. The van der Waals surface area contributed by atoms with E-state index in [0.29, 0.717) is 12.3 Å². The third-order valence-corrected chi connectivity index (χ3v) is 1.65. The quantitative estimate of drug-likeness (QED) is 0.715. The van der Waals surface area contributed by atoms with Gasteiger partial charge in [-0.15, -0.1) is 0 Å². The molecule has 74 valence electrons. The minimum absolute atomic E-state index is 0.423. The van der Waals surface area contributed by atoms with E-state index in [1.54, 1.807) is 12.3 Å². The number of aromatic nitrogens is 1. The van der Waals surface area contributed by atoms with E-state index in [1.165, 1.54) is 0 Å². The molecule has 0 unspecified atom stereocenters. The van der Waals surface area contributed by atoms with E-state index in [0.717, 1.165) is 18.8 Å². The predicted octanol–water partition coefficient (Wildman–Crippen LogP) is 1.40. The Morgan fingerprint density at radius 2 is 2.50 bits per heavy atom. The largest absolute Gasteiger partial charge is 0.383 e. The molecule has 1 rings (SSSR count). The molecule has 0 aliphatic heterocycles. The van der Waals surface area contributed by atoms with Crippen LogP contribution in [-0.4, -0.2) is 24.7 Å². The Hall–Kier alpha value is -1.60. The first-order chi connectivity index (χ1) is 6.86. The molecule has 1 N–H and O–H groups in total. The number of ether oxygens (including phenoxy) is 1. The Morgan fingerprint density at radius 3 is 3.21 bits per heavy atom. The molecule has 14 heavy (non-hydrogen) atoms. The molecule has 0 aromatic carbocycles. The summed E-state index contributed by atoms with van der Waals surface area (Å²) in [6.07, 6.45) is 1.61. The minimum atomic E-state index is 0.423. The van der Waals surface area contributed by atoms with Gasteiger partial charge in [-0.05, 0) is 19.1 Å². The fraction of sp³-hybridized carbons (Fsp3) is 0.400. The second-order valence-corrected chi connectivity index (χ2v) is 2.67. The molecule has 0 radical (unpaired) electrons. The van der Waals surface area contributed by atoms with Gasteiger partial charge in [0.25, 0.3) is 0 Å². The molecule has 0 saturated carbocycles. The lowest BCUT2D eigenvalue weighted by Gasteiger charge is -2.05. The molecule has 0 saturated heterocycles. The van der Waals surface area contributed by atoms with Crippen LogP contribution < -0.4 is 5.32 Å². The van der Waals surface area contributed by atoms with Gasteiger partial charge in [-0.3, -0.25) is 0 Å². The van der Waals surface area contributed by atoms with Gasteiger partial charge in [0, 0.05) is 25.0 Å². The normalized spacial score (nSPS) is 9.43. The third kappa shape index (κ3) is 3.42. The van der Waals surface area contributed by atoms with Crippen molar-refractivity contribution in [2.75, 3.05) is 25.1 Å². The fourth-order valence-corrected chi connectivity index (χ4v) is 1.01. The number of hydrogen-bond acceptors (Lipinski definition) is 4. The first-order valence-electron chi connectivity index (χ1n) is 4.54. The maximum absolute atomic E-state index is 8.61. The highest BCUT2D eigenvalue weighted by Gasteiger charge is 1.94. The van der Waals surface area contributed by atoms with E-state index in [9.17, 15) is 0 Å². The Kier molecular flexibility index (Phi) is 4.45. The molecule has 0 spiro atoms. The standard InChI is InChI=1S/C10H13N3O/c1-2-14-6-5-13-9-3-4-12-10(7-9)8-11/h3-4,7H,2,5-6H2,1H3,(H,12,13). The number of pyridine rings is 1. The molecule has 0 amide bonds. The molecule has 4 nitrogen and oxygen atoms in total. The molecular weight excluding hydrogens is 178 g/mol. The van der Waals surface area contributed by atoms with Gasteiger partial charge in [-0.25, -0.2) is 4.98 Å². The first-order valence-corrected chi connectivity index (χ1v) is 4.54. The van der Waals surface area contributed by atoms with Gasteiger partial charge < -0.3 is 10.1 Å². The van der Waals surface area contributed by atoms with E-state index >= 15 is 0 Å². The SMILES string of the molecule is CCOCCNc1ccnc(C#N)c1. The lowest BCUT2D eigenvalue weighted by molar-refractivity contribution is 0.158. The highest BCUT2D eigenvalue weighted by atomic mass is 16.5. The summed E-state index contributed by atoms with van der Waals surface area (Å²) in [7, 11) is 0. The molecule has 1 heterocycles. The number of nitrogens with one attached hydrogen (secondary N) is 1. The second kappa shape index (κ2) is 5.95. The van der Waals surface area contributed by atoms with Gasteiger partial charge in [-0.1, -0.05) is 0 Å². The van der Waals surface area contributed by atoms with Crippen molar-refractivity contribution in [3.63, 3.8) is 0 Å². The summed E-state index contributed by atoms with van der Waals surface area (Å²) >= 11 is 0. The number of rotatable bonds is 5. The van der Waals surface area contributed by atoms with Crippen LogP contribution in [0, 0.1) is 11.3 Å². The zero-order valence-corrected chi connectivity index (χ0v) is 8.16. The summed E-state index contributed by atoms with van der Waals surface area (Å²) in [5.41, 5.74) is 1.32. The van der Waals surface area contributed by atoms with Crippen LogP contribution in [0.2, 0.25) is 0 Å². The molecule has 0 bridgehead atoms. The Morgan fingerprint density at radius 1 is 1.64 bits per heavy atom. The van der Waals surface area contributed by atoms with Crippen LogP contribution in [0.15, 0.2) is 18.3 Å². The zero-order valence-electron chi connectivity index (χ0n) is 8.16. The van der Waals surface area contributed by atoms with Crippen LogP contribution in [0.25, 0.3) is 0 Å². The maximum atomic E-state index is 8.61. The number of hydrogen-bond donors (Lipinski definition) is 1. The van der Waals surface area contributed by atoms with Crippen LogP contribution in [0.1, 0.15) is 12.6 Å². The predicted molar refractivity (Wildman–Crippen MR) is 53.9 cm³/mol. The highest BCUT2D eigenvalue weighted by molar-refractivity contribution is 5.45. The average Bonchev–Trinajstić information content (AvgIpc) is 2.25. The molecule has 4 heteroatoms. The Labute approximate surface area is 83.5 Å². The molecule has 0 aliphatic carbocycles. The summed E-state index contributed by atoms with van der Waals surface area (Å²) in [5.74, 6) is 0. The monoisotopic (exact) mass is 191 g/mol. The van der Waals surface area contributed by atoms with Crippen molar-refractivity contribution in [2.24, 2.45) is 0 Å². The lowest BCUT2D eigenvalue weighted by Crippen LogP contribution is -2.09. The summed E-state index contributed by atoms with van der Waals surface area (Å²) in [4.78, 5) is 3.87. The minimum Gasteiger partial charge on any atom is -0.383 e. The van der Waals surface area contributed by atoms with Crippen molar-refractivity contribution in [1.29, 1.82) is 5.26 Å². The van der Waals surface area contributed by atoms with E-state index < -0.39 is 0 Å². The van der Waals surface area contributed by atoms with Crippen LogP contribution >= 0.6 is 0 Å². The van der Waals surface area contributed by atoms with E-state index in [2.05, 4.69) is 10.3 Å². The highest BCUT2D eigenvalue weighted by Crippen LogP contribution is 2.06. The van der Waals surface area contributed by atoms with Crippen LogP contribution in [0.4, 0.5) is 5.69 Å². The average molecular weight is 191 g/mol. The van der Waals surface area contributed by atoms with Gasteiger partial charge in [0.05, 0.1) is 6.61 Å². The van der Waals surface area contributed by atoms with Gasteiger partial charge in [0.15, 0.2) is 0 Å². The van der Waals surface area contributed by atoms with E-state index in [1.807, 2.05) is 19.1 Å². The summed E-state index contributed by atoms with van der Waals surface area (Å²) in [6, 6.07) is 5.53. The van der Waals surface area contributed by atoms with Crippen molar-refractivity contribution >= 4 is 5.69 Å². The first kappa shape index (κ1) is 10.5. The van der Waals surface area contributed by atoms with Crippen LogP contribution in [0.3, 0.4) is 0 Å². The molecular formula is C10H13N3O. The van der Waals surface area contributed by atoms with Crippen molar-refractivity contribution in [3.8, 4) is 6.07 Å². The number of nitrogens with zero attached hydrogens (tertiary/aromatic N) is 2. The summed E-state index contributed by atoms with van der Waals surface area (Å²) in [5, 5.41) is 11.7. The third-order valence-electron chi connectivity index (χ3n) is 1.65. The van der Waals surface area contributed by atoms with Crippen molar-refractivity contribution in [3.05, 3.63) is 24.0 Å². The maximum Gasteiger partial charge on any atom is 0.142 e. The van der Waals surface area contributed by atoms with Gasteiger partial charge in [0.1, 0.15) is 11.8 Å². The summed E-state index contributed by atoms with van der Waals surface area (Å²) in [6.45, 7) is 4.09. The molecule has 0 aliphatic rings. The topological polar surface area (TPSA) is 57.9 Å². The van der Waals surface area contributed by atoms with Gasteiger partial charge >= 0.3 is 0 Å². The molecule has 1 aromatic rings. The summed E-state index contributed by atoms with van der Waals surface area (Å²) < 4.78 is 5.17.